The molecular formula is C28H33N3O5S. The van der Waals surface area contributed by atoms with Crippen molar-refractivity contribution in [2.75, 3.05) is 18.9 Å². The van der Waals surface area contributed by atoms with Gasteiger partial charge in [-0.05, 0) is 53.8 Å². The predicted molar refractivity (Wildman–Crippen MR) is 142 cm³/mol. The Bertz CT molecular complexity index is 1300. The molecule has 1 aliphatic rings. The molecule has 4 unspecified atom stereocenters. The molecule has 3 aromatic carbocycles. The number of carbonyl (C=O) groups excluding carboxylic acids is 1. The molecule has 4 rings (SSSR count). The average Bonchev–Trinajstić information content (AvgIpc) is 3.22. The van der Waals surface area contributed by atoms with Crippen molar-refractivity contribution in [1.82, 2.24) is 10.0 Å². The molecule has 8 nitrogen and oxygen atoms in total. The molecule has 4 atom stereocenters. The lowest BCUT2D eigenvalue weighted by Gasteiger charge is -2.24. The number of aliphatic hydroxyl groups excluding tert-OH is 2. The van der Waals surface area contributed by atoms with Gasteiger partial charge in [-0.15, -0.1) is 0 Å². The van der Waals surface area contributed by atoms with Gasteiger partial charge in [0.05, 0.1) is 23.1 Å². The van der Waals surface area contributed by atoms with Crippen molar-refractivity contribution in [3.63, 3.8) is 0 Å². The van der Waals surface area contributed by atoms with E-state index in [0.717, 1.165) is 22.4 Å². The van der Waals surface area contributed by atoms with Crippen LogP contribution in [0.1, 0.15) is 29.2 Å². The lowest BCUT2D eigenvalue weighted by Crippen LogP contribution is -2.41. The van der Waals surface area contributed by atoms with Gasteiger partial charge in [0.2, 0.25) is 15.9 Å². The van der Waals surface area contributed by atoms with Crippen LogP contribution in [0.2, 0.25) is 0 Å². The Morgan fingerprint density at radius 1 is 1.00 bits per heavy atom. The molecule has 5 N–H and O–H groups in total. The molecular weight excluding hydrogens is 490 g/mol. The van der Waals surface area contributed by atoms with Gasteiger partial charge >= 0.3 is 0 Å². The van der Waals surface area contributed by atoms with Gasteiger partial charge in [0.15, 0.2) is 0 Å². The summed E-state index contributed by atoms with van der Waals surface area (Å²) in [6, 6.07) is 22.8. The summed E-state index contributed by atoms with van der Waals surface area (Å²) in [6.07, 6.45) is -0.945. The predicted octanol–water partition coefficient (Wildman–Crippen LogP) is 2.39. The van der Waals surface area contributed by atoms with Crippen LogP contribution < -0.4 is 15.4 Å². The number of nitrogens with one attached hydrogen (secondary N) is 3. The van der Waals surface area contributed by atoms with Crippen LogP contribution in [0.3, 0.4) is 0 Å². The highest BCUT2D eigenvalue weighted by Gasteiger charge is 2.34. The highest BCUT2D eigenvalue weighted by molar-refractivity contribution is 7.89. The molecule has 0 heterocycles. The van der Waals surface area contributed by atoms with E-state index >= 15 is 0 Å². The third-order valence-corrected chi connectivity index (χ3v) is 8.16. The molecule has 3 aromatic rings. The Balaban J connectivity index is 1.44. The van der Waals surface area contributed by atoms with Crippen molar-refractivity contribution < 1.29 is 23.4 Å². The second-order valence-corrected chi connectivity index (χ2v) is 11.1. The van der Waals surface area contributed by atoms with Crippen LogP contribution in [0.25, 0.3) is 0 Å². The van der Waals surface area contributed by atoms with Gasteiger partial charge in [-0.25, -0.2) is 13.1 Å². The first-order chi connectivity index (χ1) is 17.8. The second-order valence-electron chi connectivity index (χ2n) is 9.36. The molecule has 0 bridgehead atoms. The molecule has 0 aromatic heterocycles. The number of sulfonamides is 1. The van der Waals surface area contributed by atoms with E-state index in [0.29, 0.717) is 12.8 Å². The standard InChI is InChI=1S/C28H33N3O5S/c1-29-22-11-13-24(14-12-22)37(35,36)30-18-23(32)16-21(15-19-7-3-2-4-8-19)28(34)31-27-25-10-6-5-9-20(25)17-26(27)33/h2-14,21,23,26-27,29-30,32-33H,15-18H2,1H3,(H,31,34). The SMILES string of the molecule is CNc1ccc(S(=O)(=O)NCC(O)CC(Cc2ccccc2)C(=O)NC2c3ccccc3CC2O)cc1. The Morgan fingerprint density at radius 3 is 2.38 bits per heavy atom. The maximum atomic E-state index is 13.4. The van der Waals surface area contributed by atoms with E-state index in [-0.39, 0.29) is 23.8 Å². The van der Waals surface area contributed by atoms with E-state index in [1.807, 2.05) is 54.6 Å². The quantitative estimate of drug-likeness (QED) is 0.263. The van der Waals surface area contributed by atoms with Crippen LogP contribution in [-0.4, -0.2) is 50.3 Å². The van der Waals surface area contributed by atoms with Crippen molar-refractivity contribution in [1.29, 1.82) is 0 Å². The van der Waals surface area contributed by atoms with Crippen LogP contribution in [0.15, 0.2) is 83.8 Å². The number of rotatable bonds is 11. The van der Waals surface area contributed by atoms with Crippen LogP contribution in [0.4, 0.5) is 5.69 Å². The first kappa shape index (κ1) is 26.8. The Labute approximate surface area is 217 Å². The second kappa shape index (κ2) is 11.9. The monoisotopic (exact) mass is 523 g/mol. The molecule has 1 aliphatic carbocycles. The number of benzene rings is 3. The zero-order valence-corrected chi connectivity index (χ0v) is 21.5. The summed E-state index contributed by atoms with van der Waals surface area (Å²) in [5.74, 6) is -0.925. The fraction of sp³-hybridized carbons (Fsp3) is 0.321. The summed E-state index contributed by atoms with van der Waals surface area (Å²) < 4.78 is 27.8. The first-order valence-corrected chi connectivity index (χ1v) is 13.8. The topological polar surface area (TPSA) is 128 Å². The fourth-order valence-electron chi connectivity index (χ4n) is 4.70. The molecule has 9 heteroatoms. The number of hydrogen-bond acceptors (Lipinski definition) is 6. The molecule has 0 saturated heterocycles. The van der Waals surface area contributed by atoms with Gasteiger partial charge < -0.3 is 20.8 Å². The Hall–Kier alpha value is -3.24. The number of aliphatic hydroxyl groups is 2. The number of anilines is 1. The largest absolute Gasteiger partial charge is 0.392 e. The zero-order valence-electron chi connectivity index (χ0n) is 20.7. The van der Waals surface area contributed by atoms with Crippen LogP contribution in [-0.2, 0) is 27.7 Å². The van der Waals surface area contributed by atoms with Crippen LogP contribution in [0, 0.1) is 5.92 Å². The van der Waals surface area contributed by atoms with Gasteiger partial charge in [0.25, 0.3) is 0 Å². The minimum Gasteiger partial charge on any atom is -0.392 e. The minimum atomic E-state index is -3.83. The molecule has 1 amide bonds. The van der Waals surface area contributed by atoms with E-state index in [2.05, 4.69) is 15.4 Å². The highest BCUT2D eigenvalue weighted by Crippen LogP contribution is 2.32. The van der Waals surface area contributed by atoms with Crippen LogP contribution in [0.5, 0.6) is 0 Å². The van der Waals surface area contributed by atoms with Gasteiger partial charge in [-0.2, -0.15) is 0 Å². The third-order valence-electron chi connectivity index (χ3n) is 6.72. The number of carbonyl (C=O) groups is 1. The van der Waals surface area contributed by atoms with Crippen molar-refractivity contribution in [2.45, 2.75) is 42.4 Å². The van der Waals surface area contributed by atoms with Crippen LogP contribution >= 0.6 is 0 Å². The van der Waals surface area contributed by atoms with Gasteiger partial charge in [0.1, 0.15) is 0 Å². The summed E-state index contributed by atoms with van der Waals surface area (Å²) in [6.45, 7) is -0.233. The molecule has 0 aliphatic heterocycles. The molecule has 0 fully saturated rings. The highest BCUT2D eigenvalue weighted by atomic mass is 32.2. The van der Waals surface area contributed by atoms with E-state index in [4.69, 9.17) is 0 Å². The summed E-state index contributed by atoms with van der Waals surface area (Å²) >= 11 is 0. The Kier molecular flexibility index (Phi) is 8.60. The number of fused-ring (bicyclic) bond motifs is 1. The zero-order chi connectivity index (χ0) is 26.4. The van der Waals surface area contributed by atoms with Crippen molar-refractivity contribution in [3.8, 4) is 0 Å². The van der Waals surface area contributed by atoms with Crippen molar-refractivity contribution in [3.05, 3.63) is 95.6 Å². The van der Waals surface area contributed by atoms with E-state index in [1.54, 1.807) is 19.2 Å². The summed E-state index contributed by atoms with van der Waals surface area (Å²) in [7, 11) is -2.08. The van der Waals surface area contributed by atoms with E-state index < -0.39 is 34.2 Å². The van der Waals surface area contributed by atoms with Gasteiger partial charge in [-0.1, -0.05) is 54.6 Å². The maximum absolute atomic E-state index is 13.4. The Morgan fingerprint density at radius 2 is 1.68 bits per heavy atom. The average molecular weight is 524 g/mol. The summed E-state index contributed by atoms with van der Waals surface area (Å²) in [5, 5.41) is 27.2. The molecule has 37 heavy (non-hydrogen) atoms. The number of hydrogen-bond donors (Lipinski definition) is 5. The summed E-state index contributed by atoms with van der Waals surface area (Å²) in [5.41, 5.74) is 3.59. The van der Waals surface area contributed by atoms with E-state index in [9.17, 15) is 23.4 Å². The van der Waals surface area contributed by atoms with E-state index in [1.165, 1.54) is 12.1 Å². The third kappa shape index (κ3) is 6.75. The minimum absolute atomic E-state index is 0.0480. The van der Waals surface area contributed by atoms with Crippen molar-refractivity contribution in [2.24, 2.45) is 5.92 Å². The first-order valence-electron chi connectivity index (χ1n) is 12.3. The van der Waals surface area contributed by atoms with Crippen molar-refractivity contribution >= 4 is 21.6 Å². The molecule has 0 spiro atoms. The fourth-order valence-corrected chi connectivity index (χ4v) is 5.78. The molecule has 0 saturated carbocycles. The smallest absolute Gasteiger partial charge is 0.240 e. The lowest BCUT2D eigenvalue weighted by molar-refractivity contribution is -0.127. The normalized spacial score (nSPS) is 18.6. The van der Waals surface area contributed by atoms with Gasteiger partial charge in [-0.3, -0.25) is 4.79 Å². The maximum Gasteiger partial charge on any atom is 0.240 e. The van der Waals surface area contributed by atoms with Gasteiger partial charge in [0, 0.05) is 31.6 Å². The molecule has 0 radical (unpaired) electrons. The lowest BCUT2D eigenvalue weighted by atomic mass is 9.92. The summed E-state index contributed by atoms with van der Waals surface area (Å²) in [4.78, 5) is 13.5. The molecule has 196 valence electrons. The number of amides is 1.